The molecule has 0 aromatic heterocycles. The molecule has 0 N–H and O–H groups in total. The second-order valence-electron chi connectivity index (χ2n) is 5.62. The molecule has 4 nitrogen and oxygen atoms in total. The lowest BCUT2D eigenvalue weighted by Crippen LogP contribution is -2.21. The smallest absolute Gasteiger partial charge is 0.345 e. The van der Waals surface area contributed by atoms with E-state index >= 15 is 0 Å². The Morgan fingerprint density at radius 3 is 1.40 bits per heavy atom. The number of allylic oxidation sites excluding steroid dienone is 1. The van der Waals surface area contributed by atoms with Crippen molar-refractivity contribution in [2.45, 2.75) is 54.4 Å². The second-order valence-corrected chi connectivity index (χ2v) is 5.62. The molecule has 0 amide bonds. The fraction of sp³-hybridized carbons (Fsp3) is 0.750. The zero-order chi connectivity index (χ0) is 15.7. The van der Waals surface area contributed by atoms with Gasteiger partial charge in [0, 0.05) is 0 Å². The quantitative estimate of drug-likeness (QED) is 0.296. The Labute approximate surface area is 122 Å². The first-order chi connectivity index (χ1) is 9.33. The molecule has 0 saturated heterocycles. The lowest BCUT2D eigenvalue weighted by molar-refractivity contribution is -0.146. The molecular weight excluding hydrogens is 256 g/mol. The molecule has 0 fully saturated rings. The monoisotopic (exact) mass is 284 g/mol. The van der Waals surface area contributed by atoms with E-state index in [4.69, 9.17) is 9.47 Å². The van der Waals surface area contributed by atoms with Crippen LogP contribution in [0.25, 0.3) is 0 Å². The molecule has 0 rings (SSSR count). The Balaban J connectivity index is 5.56. The van der Waals surface area contributed by atoms with Crippen LogP contribution in [0.3, 0.4) is 0 Å². The number of carbonyl (C=O) groups is 2. The van der Waals surface area contributed by atoms with Gasteiger partial charge < -0.3 is 9.47 Å². The summed E-state index contributed by atoms with van der Waals surface area (Å²) < 4.78 is 10.0. The molecule has 0 aliphatic carbocycles. The average molecular weight is 284 g/mol. The van der Waals surface area contributed by atoms with E-state index < -0.39 is 11.9 Å². The van der Waals surface area contributed by atoms with Crippen molar-refractivity contribution in [3.8, 4) is 0 Å². The van der Waals surface area contributed by atoms with E-state index in [0.29, 0.717) is 24.7 Å². The zero-order valence-electron chi connectivity index (χ0n) is 13.6. The Morgan fingerprint density at radius 2 is 1.15 bits per heavy atom. The van der Waals surface area contributed by atoms with E-state index in [-0.39, 0.29) is 18.8 Å². The Bertz CT molecular complexity index is 321. The lowest BCUT2D eigenvalue weighted by Gasteiger charge is -2.17. The molecule has 0 unspecified atom stereocenters. The molecular formula is C16H28O4. The summed E-state index contributed by atoms with van der Waals surface area (Å²) in [6, 6.07) is 0. The van der Waals surface area contributed by atoms with Crippen molar-refractivity contribution in [3.05, 3.63) is 11.1 Å². The Kier molecular flexibility index (Phi) is 8.93. The number of carbonyl (C=O) groups excluding carboxylic acids is 2. The summed E-state index contributed by atoms with van der Waals surface area (Å²) in [4.78, 5) is 24.2. The number of hydrogen-bond acceptors (Lipinski definition) is 4. The van der Waals surface area contributed by atoms with Gasteiger partial charge in [0.2, 0.25) is 0 Å². The van der Waals surface area contributed by atoms with E-state index in [9.17, 15) is 9.59 Å². The highest BCUT2D eigenvalue weighted by molar-refractivity contribution is 6.14. The van der Waals surface area contributed by atoms with Gasteiger partial charge in [-0.05, 0) is 44.1 Å². The third-order valence-electron chi connectivity index (χ3n) is 2.62. The second kappa shape index (κ2) is 9.56. The Hall–Kier alpha value is -1.32. The van der Waals surface area contributed by atoms with Gasteiger partial charge in [-0.25, -0.2) is 9.59 Å². The van der Waals surface area contributed by atoms with E-state index in [2.05, 4.69) is 27.7 Å². The van der Waals surface area contributed by atoms with Gasteiger partial charge in [0.15, 0.2) is 0 Å². The molecule has 0 radical (unpaired) electrons. The molecule has 0 spiro atoms. The van der Waals surface area contributed by atoms with E-state index in [1.54, 1.807) is 13.8 Å². The maximum Gasteiger partial charge on any atom is 0.345 e. The van der Waals surface area contributed by atoms with Gasteiger partial charge in [-0.2, -0.15) is 0 Å². The third kappa shape index (κ3) is 6.73. The molecule has 0 atom stereocenters. The van der Waals surface area contributed by atoms with Crippen LogP contribution in [0.15, 0.2) is 11.1 Å². The average Bonchev–Trinajstić information content (AvgIpc) is 2.27. The minimum atomic E-state index is -0.567. The van der Waals surface area contributed by atoms with Gasteiger partial charge >= 0.3 is 11.9 Å². The van der Waals surface area contributed by atoms with Crippen LogP contribution in [-0.2, 0) is 19.1 Å². The van der Waals surface area contributed by atoms with Crippen LogP contribution >= 0.6 is 0 Å². The van der Waals surface area contributed by atoms with Gasteiger partial charge in [-0.15, -0.1) is 0 Å². The molecule has 4 heteroatoms. The molecule has 0 aliphatic rings. The maximum atomic E-state index is 12.1. The standard InChI is InChI=1S/C16H28O4/c1-7-19-15(17)14(16(18)20-8-2)13(9-11(3)4)10-12(5)6/h11-12H,7-10H2,1-6H3. The molecule has 0 saturated carbocycles. The third-order valence-corrected chi connectivity index (χ3v) is 2.62. The van der Waals surface area contributed by atoms with E-state index in [1.165, 1.54) is 0 Å². The van der Waals surface area contributed by atoms with Crippen LogP contribution in [0, 0.1) is 11.8 Å². The van der Waals surface area contributed by atoms with Crippen LogP contribution in [0.5, 0.6) is 0 Å². The van der Waals surface area contributed by atoms with Crippen molar-refractivity contribution in [1.82, 2.24) is 0 Å². The maximum absolute atomic E-state index is 12.1. The van der Waals surface area contributed by atoms with Crippen molar-refractivity contribution < 1.29 is 19.1 Å². The summed E-state index contributed by atoms with van der Waals surface area (Å²) in [5.41, 5.74) is 0.933. The van der Waals surface area contributed by atoms with Crippen molar-refractivity contribution in [2.75, 3.05) is 13.2 Å². The van der Waals surface area contributed by atoms with Crippen LogP contribution < -0.4 is 0 Å². The fourth-order valence-electron chi connectivity index (χ4n) is 2.05. The highest BCUT2D eigenvalue weighted by Crippen LogP contribution is 2.24. The van der Waals surface area contributed by atoms with Crippen LogP contribution in [0.2, 0.25) is 0 Å². The van der Waals surface area contributed by atoms with Crippen LogP contribution in [0.1, 0.15) is 54.4 Å². The highest BCUT2D eigenvalue weighted by atomic mass is 16.6. The largest absolute Gasteiger partial charge is 0.462 e. The van der Waals surface area contributed by atoms with Gasteiger partial charge in [-0.1, -0.05) is 27.7 Å². The number of ether oxygens (including phenoxy) is 2. The van der Waals surface area contributed by atoms with Crippen molar-refractivity contribution in [3.63, 3.8) is 0 Å². The molecule has 0 bridgehead atoms. The van der Waals surface area contributed by atoms with E-state index in [0.717, 1.165) is 5.57 Å². The SMILES string of the molecule is CCOC(=O)C(C(=O)OCC)=C(CC(C)C)CC(C)C. The summed E-state index contributed by atoms with van der Waals surface area (Å²) in [5, 5.41) is 0. The van der Waals surface area contributed by atoms with E-state index in [1.807, 2.05) is 0 Å². The molecule has 0 aromatic carbocycles. The number of esters is 2. The predicted molar refractivity (Wildman–Crippen MR) is 79.2 cm³/mol. The number of rotatable bonds is 8. The van der Waals surface area contributed by atoms with Crippen molar-refractivity contribution in [2.24, 2.45) is 11.8 Å². The molecule has 0 aliphatic heterocycles. The molecule has 0 aromatic rings. The van der Waals surface area contributed by atoms with Crippen LogP contribution in [-0.4, -0.2) is 25.2 Å². The first-order valence-corrected chi connectivity index (χ1v) is 7.39. The van der Waals surface area contributed by atoms with Crippen LogP contribution in [0.4, 0.5) is 0 Å². The van der Waals surface area contributed by atoms with Gasteiger partial charge in [0.25, 0.3) is 0 Å². The van der Waals surface area contributed by atoms with Gasteiger partial charge in [0.1, 0.15) is 5.57 Å². The fourth-order valence-corrected chi connectivity index (χ4v) is 2.05. The number of hydrogen-bond donors (Lipinski definition) is 0. The molecule has 116 valence electrons. The topological polar surface area (TPSA) is 52.6 Å². The summed E-state index contributed by atoms with van der Waals surface area (Å²) in [7, 11) is 0. The zero-order valence-corrected chi connectivity index (χ0v) is 13.6. The lowest BCUT2D eigenvalue weighted by atomic mass is 9.91. The van der Waals surface area contributed by atoms with Crippen molar-refractivity contribution >= 4 is 11.9 Å². The normalized spacial score (nSPS) is 10.6. The molecule has 20 heavy (non-hydrogen) atoms. The van der Waals surface area contributed by atoms with Gasteiger partial charge in [0.05, 0.1) is 13.2 Å². The summed E-state index contributed by atoms with van der Waals surface area (Å²) in [5.74, 6) is -0.408. The minimum absolute atomic E-state index is 0.0936. The first-order valence-electron chi connectivity index (χ1n) is 7.39. The summed E-state index contributed by atoms with van der Waals surface area (Å²) in [6.45, 7) is 12.2. The van der Waals surface area contributed by atoms with Gasteiger partial charge in [-0.3, -0.25) is 0 Å². The minimum Gasteiger partial charge on any atom is -0.462 e. The summed E-state index contributed by atoms with van der Waals surface area (Å²) in [6.07, 6.45) is 1.40. The summed E-state index contributed by atoms with van der Waals surface area (Å²) >= 11 is 0. The predicted octanol–water partition coefficient (Wildman–Crippen LogP) is 3.50. The van der Waals surface area contributed by atoms with Crippen molar-refractivity contribution in [1.29, 1.82) is 0 Å². The Morgan fingerprint density at radius 1 is 0.800 bits per heavy atom. The molecule has 0 heterocycles. The highest BCUT2D eigenvalue weighted by Gasteiger charge is 2.26. The first kappa shape index (κ1) is 18.7.